The minimum Gasteiger partial charge on any atom is -0.309 e. The molecule has 256 valence electrons. The van der Waals surface area contributed by atoms with Crippen LogP contribution in [0.5, 0.6) is 0 Å². The van der Waals surface area contributed by atoms with Gasteiger partial charge in [-0.15, -0.1) is 11.3 Å². The molecule has 0 saturated carbocycles. The molecule has 0 N–H and O–H groups in total. The van der Waals surface area contributed by atoms with E-state index in [0.29, 0.717) is 0 Å². The molecule has 0 aliphatic rings. The molecule has 55 heavy (non-hydrogen) atoms. The third kappa shape index (κ3) is 4.60. The Kier molecular flexibility index (Phi) is 6.54. The predicted octanol–water partition coefficient (Wildman–Crippen LogP) is 14.7. The predicted molar refractivity (Wildman–Crippen MR) is 236 cm³/mol. The highest BCUT2D eigenvalue weighted by Crippen LogP contribution is 2.42. The van der Waals surface area contributed by atoms with E-state index in [-0.39, 0.29) is 0 Å². The lowest BCUT2D eigenvalue weighted by Gasteiger charge is -2.11. The van der Waals surface area contributed by atoms with E-state index in [1.165, 1.54) is 102 Å². The fourth-order valence-electron chi connectivity index (χ4n) is 8.94. The van der Waals surface area contributed by atoms with E-state index >= 15 is 0 Å². The molecule has 0 unspecified atom stereocenters. The summed E-state index contributed by atoms with van der Waals surface area (Å²) in [6.45, 7) is 0. The van der Waals surface area contributed by atoms with Crippen LogP contribution in [-0.2, 0) is 0 Å². The Hall–Kier alpha value is -6.94. The number of para-hydroxylation sites is 2. The Morgan fingerprint density at radius 1 is 0.309 bits per heavy atom. The molecule has 3 heteroatoms. The van der Waals surface area contributed by atoms with Gasteiger partial charge in [0, 0.05) is 53.1 Å². The first-order valence-corrected chi connectivity index (χ1v) is 19.7. The highest BCUT2D eigenvalue weighted by Gasteiger charge is 2.17. The fourth-order valence-corrected chi connectivity index (χ4v) is 10.2. The summed E-state index contributed by atoms with van der Waals surface area (Å²) in [4.78, 5) is 0. The molecule has 0 amide bonds. The topological polar surface area (TPSA) is 9.86 Å². The van der Waals surface area contributed by atoms with Gasteiger partial charge < -0.3 is 9.13 Å². The molecule has 0 radical (unpaired) electrons. The van der Waals surface area contributed by atoms with Crippen LogP contribution in [0.1, 0.15) is 0 Å². The van der Waals surface area contributed by atoms with Crippen molar-refractivity contribution in [3.05, 3.63) is 194 Å². The van der Waals surface area contributed by atoms with Crippen molar-refractivity contribution in [2.24, 2.45) is 0 Å². The van der Waals surface area contributed by atoms with Crippen LogP contribution in [-0.4, -0.2) is 9.13 Å². The molecule has 0 spiro atoms. The summed E-state index contributed by atoms with van der Waals surface area (Å²) < 4.78 is 7.51. The zero-order valence-electron chi connectivity index (χ0n) is 29.8. The van der Waals surface area contributed by atoms with Crippen molar-refractivity contribution in [2.75, 3.05) is 0 Å². The van der Waals surface area contributed by atoms with Gasteiger partial charge in [0.15, 0.2) is 0 Å². The molecule has 0 aliphatic carbocycles. The maximum absolute atomic E-state index is 2.43. The number of aromatic nitrogens is 2. The normalized spacial score (nSPS) is 12.0. The van der Waals surface area contributed by atoms with Crippen LogP contribution in [0.2, 0.25) is 0 Å². The average Bonchev–Trinajstić information content (AvgIpc) is 3.91. The molecular weight excluding hydrogens is 685 g/mol. The Morgan fingerprint density at radius 2 is 0.909 bits per heavy atom. The van der Waals surface area contributed by atoms with Gasteiger partial charge in [-0.1, -0.05) is 133 Å². The third-order valence-electron chi connectivity index (χ3n) is 11.5. The molecule has 0 bridgehead atoms. The van der Waals surface area contributed by atoms with E-state index < -0.39 is 0 Å². The summed E-state index contributed by atoms with van der Waals surface area (Å²) in [6.07, 6.45) is 0. The van der Waals surface area contributed by atoms with Crippen molar-refractivity contribution in [1.82, 2.24) is 9.13 Å². The number of rotatable bonds is 4. The summed E-state index contributed by atoms with van der Waals surface area (Å²) in [5, 5.41) is 10.2. The van der Waals surface area contributed by atoms with E-state index in [1.807, 2.05) is 11.3 Å². The lowest BCUT2D eigenvalue weighted by molar-refractivity contribution is 1.18. The molecule has 12 aromatic rings. The fraction of sp³-hybridized carbons (Fsp3) is 0. The second-order valence-electron chi connectivity index (χ2n) is 14.5. The second kappa shape index (κ2) is 11.8. The molecule has 3 heterocycles. The first-order valence-electron chi connectivity index (χ1n) is 18.8. The summed E-state index contributed by atoms with van der Waals surface area (Å²) in [7, 11) is 0. The minimum atomic E-state index is 1.15. The molecule has 9 aromatic carbocycles. The number of hydrogen-bond donors (Lipinski definition) is 0. The molecule has 0 fully saturated rings. The zero-order chi connectivity index (χ0) is 36.0. The van der Waals surface area contributed by atoms with E-state index in [4.69, 9.17) is 0 Å². The number of hydrogen-bond acceptors (Lipinski definition) is 1. The van der Waals surface area contributed by atoms with E-state index in [1.54, 1.807) is 0 Å². The number of benzene rings is 9. The maximum Gasteiger partial charge on any atom is 0.0547 e. The Bertz CT molecular complexity index is 3490. The van der Waals surface area contributed by atoms with Gasteiger partial charge in [-0.2, -0.15) is 0 Å². The van der Waals surface area contributed by atoms with Crippen LogP contribution >= 0.6 is 11.3 Å². The average molecular weight is 717 g/mol. The van der Waals surface area contributed by atoms with Crippen molar-refractivity contribution in [3.63, 3.8) is 0 Å². The largest absolute Gasteiger partial charge is 0.309 e. The van der Waals surface area contributed by atoms with Crippen molar-refractivity contribution in [1.29, 1.82) is 0 Å². The summed E-state index contributed by atoms with van der Waals surface area (Å²) in [6, 6.07) is 71.5. The monoisotopic (exact) mass is 716 g/mol. The van der Waals surface area contributed by atoms with Gasteiger partial charge in [0.1, 0.15) is 0 Å². The van der Waals surface area contributed by atoms with Crippen molar-refractivity contribution < 1.29 is 0 Å². The Labute approximate surface area is 321 Å². The summed E-state index contributed by atoms with van der Waals surface area (Å²) in [5.74, 6) is 0. The summed E-state index contributed by atoms with van der Waals surface area (Å²) >= 11 is 1.89. The van der Waals surface area contributed by atoms with Crippen LogP contribution in [0.4, 0.5) is 0 Å². The Morgan fingerprint density at radius 3 is 1.75 bits per heavy atom. The maximum atomic E-state index is 2.43. The minimum absolute atomic E-state index is 1.15. The molecule has 0 atom stereocenters. The first kappa shape index (κ1) is 30.5. The molecule has 0 saturated heterocycles. The molecular formula is C52H32N2S. The number of thiophene rings is 1. The number of fused-ring (bicyclic) bond motifs is 10. The number of nitrogens with zero attached hydrogens (tertiary/aromatic N) is 2. The Balaban J connectivity index is 0.981. The van der Waals surface area contributed by atoms with Crippen LogP contribution in [0.15, 0.2) is 194 Å². The summed E-state index contributed by atoms with van der Waals surface area (Å²) in [5.41, 5.74) is 12.1. The highest BCUT2D eigenvalue weighted by molar-refractivity contribution is 7.26. The van der Waals surface area contributed by atoms with Gasteiger partial charge in [-0.3, -0.25) is 0 Å². The quantitative estimate of drug-likeness (QED) is 0.172. The van der Waals surface area contributed by atoms with Crippen LogP contribution in [0, 0.1) is 0 Å². The van der Waals surface area contributed by atoms with Crippen LogP contribution < -0.4 is 0 Å². The van der Waals surface area contributed by atoms with Gasteiger partial charge in [0.2, 0.25) is 0 Å². The zero-order valence-corrected chi connectivity index (χ0v) is 30.6. The lowest BCUT2D eigenvalue weighted by Crippen LogP contribution is -1.94. The highest BCUT2D eigenvalue weighted by atomic mass is 32.1. The van der Waals surface area contributed by atoms with Crippen LogP contribution in [0.25, 0.3) is 108 Å². The van der Waals surface area contributed by atoms with E-state index in [9.17, 15) is 0 Å². The SMILES string of the molecule is c1ccc2cc(-n3c4ccccc4c4cc(-c5ccc(-n6c7ccccc7c7ccc(-c8cccc9c8sc8ccccc89)cc76)cc5)ccc43)ccc2c1. The van der Waals surface area contributed by atoms with E-state index in [2.05, 4.69) is 203 Å². The van der Waals surface area contributed by atoms with Gasteiger partial charge in [-0.25, -0.2) is 0 Å². The standard InChI is InChI=1S/C52H32N2S/c1-2-11-35-30-39(27-22-33(35)10-1)54-48-18-7-4-13-42(48)46-31-36(24-29-49(46)54)34-20-25-38(26-21-34)53-47-17-6-3-12-41(47)43-28-23-37(32-50(43)53)40-15-9-16-45-44-14-5-8-19-51(44)55-52(40)45/h1-32H. The van der Waals surface area contributed by atoms with Crippen molar-refractivity contribution in [3.8, 4) is 33.6 Å². The lowest BCUT2D eigenvalue weighted by atomic mass is 10.0. The molecule has 2 nitrogen and oxygen atoms in total. The van der Waals surface area contributed by atoms with Gasteiger partial charge in [0.25, 0.3) is 0 Å². The molecule has 3 aromatic heterocycles. The smallest absolute Gasteiger partial charge is 0.0547 e. The van der Waals surface area contributed by atoms with Gasteiger partial charge in [0.05, 0.1) is 22.1 Å². The first-order chi connectivity index (χ1) is 27.3. The van der Waals surface area contributed by atoms with Crippen LogP contribution in [0.3, 0.4) is 0 Å². The van der Waals surface area contributed by atoms with E-state index in [0.717, 1.165) is 5.69 Å². The third-order valence-corrected chi connectivity index (χ3v) is 12.7. The molecule has 12 rings (SSSR count). The second-order valence-corrected chi connectivity index (χ2v) is 15.6. The molecule has 0 aliphatic heterocycles. The van der Waals surface area contributed by atoms with Gasteiger partial charge in [-0.05, 0) is 93.7 Å². The van der Waals surface area contributed by atoms with Gasteiger partial charge >= 0.3 is 0 Å². The van der Waals surface area contributed by atoms with Crippen molar-refractivity contribution >= 4 is 85.9 Å². The van der Waals surface area contributed by atoms with Crippen molar-refractivity contribution in [2.45, 2.75) is 0 Å².